The van der Waals surface area contributed by atoms with Gasteiger partial charge in [0, 0.05) is 11.6 Å². The number of β-lactam (4-membered cyclic amide) rings is 1. The van der Waals surface area contributed by atoms with Gasteiger partial charge in [-0.3, -0.25) is 9.59 Å². The summed E-state index contributed by atoms with van der Waals surface area (Å²) >= 11 is 0. The van der Waals surface area contributed by atoms with E-state index in [1.54, 1.807) is 0 Å². The van der Waals surface area contributed by atoms with Crippen molar-refractivity contribution in [3.63, 3.8) is 0 Å². The maximum absolute atomic E-state index is 13.4. The van der Waals surface area contributed by atoms with Gasteiger partial charge in [-0.15, -0.1) is 0 Å². The molecule has 5 fully saturated rings. The average Bonchev–Trinajstić information content (AvgIpc) is 3.20. The Kier molecular flexibility index (Phi) is 3.66. The van der Waals surface area contributed by atoms with Crippen molar-refractivity contribution in [2.24, 2.45) is 28.6 Å². The number of nitrogens with zero attached hydrogens (tertiary/aromatic N) is 1. The van der Waals surface area contributed by atoms with Crippen molar-refractivity contribution < 1.29 is 23.8 Å². The smallest absolute Gasteiger partial charge is 0.311 e. The first kappa shape index (κ1) is 18.5. The molecule has 2 aliphatic heterocycles. The van der Waals surface area contributed by atoms with E-state index in [1.165, 1.54) is 7.11 Å². The van der Waals surface area contributed by atoms with E-state index < -0.39 is 5.41 Å². The van der Waals surface area contributed by atoms with Crippen LogP contribution < -0.4 is 9.47 Å². The number of carbonyl (C=O) groups is 2. The van der Waals surface area contributed by atoms with Crippen molar-refractivity contribution in [1.29, 1.82) is 0 Å². The van der Waals surface area contributed by atoms with Crippen molar-refractivity contribution >= 4 is 11.9 Å². The number of hydrogen-bond donors (Lipinski definition) is 0. The van der Waals surface area contributed by atoms with Crippen LogP contribution in [0.1, 0.15) is 57.6 Å². The van der Waals surface area contributed by atoms with E-state index in [0.29, 0.717) is 17.8 Å². The van der Waals surface area contributed by atoms with E-state index in [-0.39, 0.29) is 36.2 Å². The molecule has 1 aromatic carbocycles. The number of para-hydroxylation sites is 1. The molecule has 0 N–H and O–H groups in total. The maximum Gasteiger partial charge on any atom is 0.311 e. The molecule has 3 unspecified atom stereocenters. The number of fused-ring (bicyclic) bond motifs is 1. The molecule has 3 atom stereocenters. The molecule has 0 radical (unpaired) electrons. The standard InChI is InChI=1S/C24H29NO5/c1-23(2)20(16-5-4-6-17-19(16)30-12-29-17)25(21(23)26)18-14-7-13-8-15(18)11-24(9-13,10-14)22(27)28-3/h4-6,13-15,18,20H,7-12H2,1-3H3. The normalized spacial score (nSPS) is 39.8. The van der Waals surface area contributed by atoms with Crippen LogP contribution in [0.4, 0.5) is 0 Å². The average molecular weight is 411 g/mol. The number of carbonyl (C=O) groups excluding carboxylic acids is 2. The molecule has 4 saturated carbocycles. The van der Waals surface area contributed by atoms with Crippen LogP contribution in [0.3, 0.4) is 0 Å². The van der Waals surface area contributed by atoms with E-state index in [0.717, 1.165) is 49.2 Å². The largest absolute Gasteiger partial charge is 0.469 e. The molecule has 1 amide bonds. The second-order valence-corrected chi connectivity index (χ2v) is 10.7. The number of esters is 1. The van der Waals surface area contributed by atoms with Gasteiger partial charge >= 0.3 is 5.97 Å². The van der Waals surface area contributed by atoms with Gasteiger partial charge in [0.25, 0.3) is 0 Å². The number of rotatable bonds is 3. The lowest BCUT2D eigenvalue weighted by molar-refractivity contribution is -0.203. The van der Waals surface area contributed by atoms with Gasteiger partial charge in [0.05, 0.1) is 24.0 Å². The Balaban J connectivity index is 1.38. The second kappa shape index (κ2) is 5.92. The minimum atomic E-state index is -0.476. The Labute approximate surface area is 176 Å². The molecule has 6 aliphatic rings. The van der Waals surface area contributed by atoms with Crippen LogP contribution >= 0.6 is 0 Å². The van der Waals surface area contributed by atoms with Gasteiger partial charge in [0.1, 0.15) is 0 Å². The van der Waals surface area contributed by atoms with E-state index in [1.807, 2.05) is 26.0 Å². The highest BCUT2D eigenvalue weighted by molar-refractivity contribution is 5.91. The Morgan fingerprint density at radius 2 is 1.87 bits per heavy atom. The topological polar surface area (TPSA) is 65.1 Å². The predicted molar refractivity (Wildman–Crippen MR) is 108 cm³/mol. The first-order valence-electron chi connectivity index (χ1n) is 11.2. The molecule has 0 aromatic heterocycles. The van der Waals surface area contributed by atoms with Crippen molar-refractivity contribution in [3.05, 3.63) is 23.8 Å². The fourth-order valence-electron chi connectivity index (χ4n) is 7.78. The van der Waals surface area contributed by atoms with Crippen LogP contribution in [0.15, 0.2) is 18.2 Å². The van der Waals surface area contributed by atoms with Crippen molar-refractivity contribution in [2.45, 2.75) is 58.0 Å². The van der Waals surface area contributed by atoms with Gasteiger partial charge in [-0.1, -0.05) is 12.1 Å². The van der Waals surface area contributed by atoms with Crippen LogP contribution in [0.25, 0.3) is 0 Å². The molecule has 30 heavy (non-hydrogen) atoms. The first-order chi connectivity index (χ1) is 14.4. The lowest BCUT2D eigenvalue weighted by Crippen LogP contribution is -2.70. The molecule has 2 heterocycles. The zero-order valence-electron chi connectivity index (χ0n) is 17.8. The van der Waals surface area contributed by atoms with E-state index >= 15 is 0 Å². The molecule has 160 valence electrons. The Hall–Kier alpha value is -2.24. The highest BCUT2D eigenvalue weighted by Gasteiger charge is 2.66. The van der Waals surface area contributed by atoms with Crippen LogP contribution in [-0.4, -0.2) is 36.7 Å². The van der Waals surface area contributed by atoms with Crippen molar-refractivity contribution in [2.75, 3.05) is 13.9 Å². The van der Waals surface area contributed by atoms with Crippen LogP contribution in [0.5, 0.6) is 11.5 Å². The summed E-state index contributed by atoms with van der Waals surface area (Å²) in [6.45, 7) is 4.31. The lowest BCUT2D eigenvalue weighted by Gasteiger charge is -2.66. The van der Waals surface area contributed by atoms with Gasteiger partial charge < -0.3 is 19.1 Å². The Morgan fingerprint density at radius 3 is 2.57 bits per heavy atom. The minimum Gasteiger partial charge on any atom is -0.469 e. The van der Waals surface area contributed by atoms with Gasteiger partial charge in [-0.2, -0.15) is 0 Å². The fraction of sp³-hybridized carbons (Fsp3) is 0.667. The third-order valence-electron chi connectivity index (χ3n) is 8.63. The SMILES string of the molecule is COC(=O)C12CC3CC(C1)C(N1C(=O)C(C)(C)C1c1cccc4c1OCO4)C(C3)C2. The molecular weight excluding hydrogens is 382 g/mol. The van der Waals surface area contributed by atoms with Gasteiger partial charge in [0.15, 0.2) is 11.5 Å². The minimum absolute atomic E-state index is 0.0294. The molecule has 1 aromatic rings. The summed E-state index contributed by atoms with van der Waals surface area (Å²) in [4.78, 5) is 28.2. The van der Waals surface area contributed by atoms with Crippen LogP contribution in [0.2, 0.25) is 0 Å². The predicted octanol–water partition coefficient (Wildman–Crippen LogP) is 3.69. The molecule has 6 nitrogen and oxygen atoms in total. The van der Waals surface area contributed by atoms with Crippen LogP contribution in [0, 0.1) is 28.6 Å². The summed E-state index contributed by atoms with van der Waals surface area (Å²) in [5.74, 6) is 3.03. The summed E-state index contributed by atoms with van der Waals surface area (Å²) in [5.41, 5.74) is 0.243. The molecule has 6 heteroatoms. The van der Waals surface area contributed by atoms with Crippen molar-refractivity contribution in [3.8, 4) is 11.5 Å². The zero-order valence-corrected chi connectivity index (χ0v) is 17.8. The van der Waals surface area contributed by atoms with Crippen LogP contribution in [-0.2, 0) is 14.3 Å². The second-order valence-electron chi connectivity index (χ2n) is 10.7. The lowest BCUT2D eigenvalue weighted by atomic mass is 9.47. The number of likely N-dealkylation sites (tertiary alicyclic amines) is 1. The monoisotopic (exact) mass is 411 g/mol. The highest BCUT2D eigenvalue weighted by atomic mass is 16.7. The Morgan fingerprint density at radius 1 is 1.13 bits per heavy atom. The first-order valence-corrected chi connectivity index (χ1v) is 11.2. The number of methoxy groups -OCH3 is 1. The molecular formula is C24H29NO5. The number of hydrogen-bond acceptors (Lipinski definition) is 5. The third kappa shape index (κ3) is 2.20. The fourth-order valence-corrected chi connectivity index (χ4v) is 7.78. The van der Waals surface area contributed by atoms with Crippen molar-refractivity contribution in [1.82, 2.24) is 4.90 Å². The molecule has 7 rings (SSSR count). The van der Waals surface area contributed by atoms with E-state index in [9.17, 15) is 9.59 Å². The Bertz CT molecular complexity index is 924. The quantitative estimate of drug-likeness (QED) is 0.561. The molecule has 0 spiro atoms. The zero-order chi connectivity index (χ0) is 20.8. The number of ether oxygens (including phenoxy) is 3. The van der Waals surface area contributed by atoms with Gasteiger partial charge in [-0.25, -0.2) is 0 Å². The summed E-state index contributed by atoms with van der Waals surface area (Å²) in [6, 6.07) is 6.16. The van der Waals surface area contributed by atoms with E-state index in [2.05, 4.69) is 11.0 Å². The summed E-state index contributed by atoms with van der Waals surface area (Å²) in [7, 11) is 1.51. The summed E-state index contributed by atoms with van der Waals surface area (Å²) in [5, 5.41) is 0. The van der Waals surface area contributed by atoms with E-state index in [4.69, 9.17) is 14.2 Å². The molecule has 1 saturated heterocycles. The summed E-state index contributed by atoms with van der Waals surface area (Å²) in [6.07, 6.45) is 4.88. The molecule has 4 aliphatic carbocycles. The molecule has 4 bridgehead atoms. The summed E-state index contributed by atoms with van der Waals surface area (Å²) < 4.78 is 16.6. The maximum atomic E-state index is 13.4. The highest BCUT2D eigenvalue weighted by Crippen LogP contribution is 2.65. The van der Waals surface area contributed by atoms with Gasteiger partial charge in [0.2, 0.25) is 12.7 Å². The van der Waals surface area contributed by atoms with Gasteiger partial charge in [-0.05, 0) is 69.8 Å². The third-order valence-corrected chi connectivity index (χ3v) is 8.63. The number of amides is 1. The number of benzene rings is 1.